The first-order chi connectivity index (χ1) is 16.4. The third kappa shape index (κ3) is 5.10. The molecule has 1 aliphatic heterocycles. The number of ketones is 1. The number of fused-ring (bicyclic) bond motifs is 1. The summed E-state index contributed by atoms with van der Waals surface area (Å²) in [7, 11) is 0. The summed E-state index contributed by atoms with van der Waals surface area (Å²) in [6.45, 7) is 12.3. The first-order valence-corrected chi connectivity index (χ1v) is 13.0. The molecule has 1 aromatic heterocycles. The number of nitrogens with one attached hydrogen (secondary N) is 1. The van der Waals surface area contributed by atoms with Crippen LogP contribution in [0.5, 0.6) is 0 Å². The molecule has 0 aliphatic carbocycles. The van der Waals surface area contributed by atoms with Crippen molar-refractivity contribution < 1.29 is 14.3 Å². The van der Waals surface area contributed by atoms with E-state index in [4.69, 9.17) is 10.5 Å². The zero-order valence-corrected chi connectivity index (χ0v) is 22.2. The Morgan fingerprint density at radius 3 is 2.63 bits per heavy atom. The first-order valence-electron chi connectivity index (χ1n) is 12.1. The quantitative estimate of drug-likeness (QED) is 0.258. The van der Waals surface area contributed by atoms with Crippen LogP contribution in [0.2, 0.25) is 0 Å². The Morgan fingerprint density at radius 1 is 1.23 bits per heavy atom. The summed E-state index contributed by atoms with van der Waals surface area (Å²) in [6.07, 6.45) is 3.33. The molecule has 0 spiro atoms. The lowest BCUT2D eigenvalue weighted by molar-refractivity contribution is -0.176. The van der Waals surface area contributed by atoms with Gasteiger partial charge in [0.15, 0.2) is 11.0 Å². The number of nitrogen functional groups attached to an aromatic ring is 1. The van der Waals surface area contributed by atoms with Crippen LogP contribution in [-0.2, 0) is 26.2 Å². The molecule has 1 fully saturated rings. The zero-order valence-electron chi connectivity index (χ0n) is 21.4. The topological polar surface area (TPSA) is 98.1 Å². The summed E-state index contributed by atoms with van der Waals surface area (Å²) in [5.74, 6) is -0.498. The van der Waals surface area contributed by atoms with Crippen molar-refractivity contribution in [3.05, 3.63) is 53.2 Å². The Labute approximate surface area is 211 Å². The highest BCUT2D eigenvalue weighted by atomic mass is 32.2. The Kier molecular flexibility index (Phi) is 6.75. The van der Waals surface area contributed by atoms with Gasteiger partial charge in [-0.25, -0.2) is 0 Å². The number of aromatic nitrogens is 2. The number of anilines is 1. The summed E-state index contributed by atoms with van der Waals surface area (Å²) >= 11 is 1.30. The minimum Gasteiger partial charge on any atom is -0.457 e. The number of hydrogen-bond donors (Lipinski definition) is 2. The SMILES string of the molecule is Cc1cc(SC2C(=O)CC(CCc3ccc4[nH]ncc4c3)(C(C)C)OC2=O)c(C(C)(C)C)cc1N. The largest absolute Gasteiger partial charge is 0.457 e. The van der Waals surface area contributed by atoms with Gasteiger partial charge in [-0.15, -0.1) is 11.8 Å². The van der Waals surface area contributed by atoms with Crippen LogP contribution >= 0.6 is 11.8 Å². The summed E-state index contributed by atoms with van der Waals surface area (Å²) in [4.78, 5) is 27.6. The summed E-state index contributed by atoms with van der Waals surface area (Å²) in [6, 6.07) is 10.1. The second kappa shape index (κ2) is 9.34. The second-order valence-electron chi connectivity index (χ2n) is 11.0. The number of H-pyrrole nitrogens is 1. The molecular formula is C28H35N3O3S. The van der Waals surface area contributed by atoms with Crippen LogP contribution in [-0.4, -0.2) is 32.8 Å². The predicted molar refractivity (Wildman–Crippen MR) is 142 cm³/mol. The van der Waals surface area contributed by atoms with E-state index in [1.807, 2.05) is 39.0 Å². The van der Waals surface area contributed by atoms with Crippen molar-refractivity contribution in [2.24, 2.45) is 5.92 Å². The number of hydrogen-bond acceptors (Lipinski definition) is 6. The lowest BCUT2D eigenvalue weighted by Gasteiger charge is -2.41. The molecule has 0 radical (unpaired) electrons. The van der Waals surface area contributed by atoms with Crippen LogP contribution in [0.25, 0.3) is 10.9 Å². The van der Waals surface area contributed by atoms with Gasteiger partial charge in [-0.05, 0) is 72.1 Å². The number of carbonyl (C=O) groups excluding carboxylic acids is 2. The second-order valence-corrected chi connectivity index (χ2v) is 12.2. The highest BCUT2D eigenvalue weighted by Gasteiger charge is 2.49. The number of carbonyl (C=O) groups is 2. The van der Waals surface area contributed by atoms with Gasteiger partial charge in [0.25, 0.3) is 0 Å². The van der Waals surface area contributed by atoms with Crippen molar-refractivity contribution in [2.45, 2.75) is 82.0 Å². The molecule has 1 saturated heterocycles. The number of benzene rings is 2. The van der Waals surface area contributed by atoms with E-state index in [1.165, 1.54) is 11.8 Å². The number of thioether (sulfide) groups is 1. The molecule has 1 aliphatic rings. The molecule has 0 saturated carbocycles. The van der Waals surface area contributed by atoms with E-state index in [0.717, 1.165) is 32.5 Å². The fraction of sp³-hybridized carbons (Fsp3) is 0.464. The third-order valence-corrected chi connectivity index (χ3v) is 8.38. The predicted octanol–water partition coefficient (Wildman–Crippen LogP) is 5.76. The maximum absolute atomic E-state index is 13.4. The van der Waals surface area contributed by atoms with Crippen LogP contribution in [0.3, 0.4) is 0 Å². The summed E-state index contributed by atoms with van der Waals surface area (Å²) < 4.78 is 6.14. The lowest BCUT2D eigenvalue weighted by atomic mass is 9.78. The van der Waals surface area contributed by atoms with Crippen LogP contribution in [0, 0.1) is 12.8 Å². The lowest BCUT2D eigenvalue weighted by Crippen LogP contribution is -2.52. The zero-order chi connectivity index (χ0) is 25.5. The van der Waals surface area contributed by atoms with Crippen molar-refractivity contribution in [2.75, 3.05) is 5.73 Å². The molecular weight excluding hydrogens is 458 g/mol. The fourth-order valence-electron chi connectivity index (χ4n) is 4.69. The highest BCUT2D eigenvalue weighted by Crippen LogP contribution is 2.43. The van der Waals surface area contributed by atoms with Gasteiger partial charge in [0.05, 0.1) is 11.7 Å². The van der Waals surface area contributed by atoms with Gasteiger partial charge in [0.2, 0.25) is 0 Å². The maximum atomic E-state index is 13.4. The molecule has 186 valence electrons. The van der Waals surface area contributed by atoms with E-state index in [9.17, 15) is 9.59 Å². The molecule has 4 rings (SSSR count). The molecule has 0 amide bonds. The number of rotatable bonds is 6. The van der Waals surface area contributed by atoms with Gasteiger partial charge in [-0.3, -0.25) is 14.7 Å². The molecule has 0 bridgehead atoms. The number of nitrogens with zero attached hydrogens (tertiary/aromatic N) is 1. The van der Waals surface area contributed by atoms with Crippen LogP contribution in [0.4, 0.5) is 5.69 Å². The molecule has 3 N–H and O–H groups in total. The Balaban J connectivity index is 1.55. The Morgan fingerprint density at radius 2 is 1.97 bits per heavy atom. The van der Waals surface area contributed by atoms with Gasteiger partial charge in [0, 0.05) is 22.4 Å². The van der Waals surface area contributed by atoms with Gasteiger partial charge in [-0.2, -0.15) is 5.10 Å². The number of esters is 1. The average Bonchev–Trinajstić information content (AvgIpc) is 3.24. The monoisotopic (exact) mass is 493 g/mol. The molecule has 2 unspecified atom stereocenters. The van der Waals surface area contributed by atoms with Gasteiger partial charge in [0.1, 0.15) is 5.60 Å². The summed E-state index contributed by atoms with van der Waals surface area (Å²) in [5, 5.41) is 7.22. The van der Waals surface area contributed by atoms with Crippen molar-refractivity contribution in [3.8, 4) is 0 Å². The van der Waals surface area contributed by atoms with E-state index < -0.39 is 16.8 Å². The number of Topliss-reactive ketones (excluding diaryl/α,β-unsaturated/α-hetero) is 1. The molecule has 7 heteroatoms. The third-order valence-electron chi connectivity index (χ3n) is 7.10. The molecule has 2 atom stereocenters. The molecule has 2 heterocycles. The minimum atomic E-state index is -0.867. The van der Waals surface area contributed by atoms with Crippen LogP contribution in [0.15, 0.2) is 41.4 Å². The normalized spacial score (nSPS) is 21.1. The molecule has 35 heavy (non-hydrogen) atoms. The number of nitrogens with two attached hydrogens (primary N) is 1. The number of aryl methyl sites for hydroxylation is 2. The number of cyclic esters (lactones) is 1. The van der Waals surface area contributed by atoms with Crippen LogP contribution in [0.1, 0.15) is 64.2 Å². The van der Waals surface area contributed by atoms with Crippen molar-refractivity contribution >= 4 is 40.1 Å². The highest BCUT2D eigenvalue weighted by molar-refractivity contribution is 8.01. The molecule has 6 nitrogen and oxygen atoms in total. The van der Waals surface area contributed by atoms with Gasteiger partial charge >= 0.3 is 5.97 Å². The molecule has 2 aromatic carbocycles. The molecule has 3 aromatic rings. The fourth-order valence-corrected chi connectivity index (χ4v) is 6.04. The van der Waals surface area contributed by atoms with Crippen molar-refractivity contribution in [1.29, 1.82) is 0 Å². The number of aromatic amines is 1. The standard InChI is InChI=1S/C28H35N3O3S/c1-16(2)28(10-9-18-7-8-22-19(12-18)15-30-31-22)14-23(32)25(26(33)34-28)35-24-11-17(3)21(29)13-20(24)27(4,5)6/h7-8,11-13,15-16,25H,9-10,14,29H2,1-6H3,(H,30,31). The van der Waals surface area contributed by atoms with E-state index in [2.05, 4.69) is 43.1 Å². The summed E-state index contributed by atoms with van der Waals surface area (Å²) in [5.41, 5.74) is 9.98. The van der Waals surface area contributed by atoms with E-state index >= 15 is 0 Å². The van der Waals surface area contributed by atoms with E-state index in [1.54, 1.807) is 6.20 Å². The first kappa shape index (κ1) is 25.3. The van der Waals surface area contributed by atoms with Crippen LogP contribution < -0.4 is 5.73 Å². The van der Waals surface area contributed by atoms with E-state index in [-0.39, 0.29) is 23.5 Å². The smallest absolute Gasteiger partial charge is 0.327 e. The van der Waals surface area contributed by atoms with E-state index in [0.29, 0.717) is 18.5 Å². The average molecular weight is 494 g/mol. The number of ether oxygens (including phenoxy) is 1. The Hall–Kier alpha value is -2.80. The minimum absolute atomic E-state index is 0.0166. The van der Waals surface area contributed by atoms with Crippen molar-refractivity contribution in [3.63, 3.8) is 0 Å². The van der Waals surface area contributed by atoms with Gasteiger partial charge in [-0.1, -0.05) is 40.7 Å². The maximum Gasteiger partial charge on any atom is 0.327 e. The Bertz CT molecular complexity index is 1250. The van der Waals surface area contributed by atoms with Gasteiger partial charge < -0.3 is 10.5 Å². The van der Waals surface area contributed by atoms with Crippen molar-refractivity contribution in [1.82, 2.24) is 10.2 Å².